The highest BCUT2D eigenvalue weighted by Gasteiger charge is 2.30. The molecule has 0 N–H and O–H groups in total. The predicted octanol–water partition coefficient (Wildman–Crippen LogP) is 2.02. The summed E-state index contributed by atoms with van der Waals surface area (Å²) < 4.78 is 6.80. The first-order chi connectivity index (χ1) is 7.91. The van der Waals surface area contributed by atoms with Gasteiger partial charge in [0.1, 0.15) is 0 Å². The fraction of sp³-hybridized carbons (Fsp3) is 1.00. The summed E-state index contributed by atoms with van der Waals surface area (Å²) in [5, 5.41) is 2.28. The molecule has 5 nitrogen and oxygen atoms in total. The van der Waals surface area contributed by atoms with Crippen LogP contribution >= 0.6 is 7.51 Å². The summed E-state index contributed by atoms with van der Waals surface area (Å²) in [5.74, 6) is 0. The molecule has 0 aromatic rings. The molecule has 0 aromatic heterocycles. The number of piperidine rings is 1. The van der Waals surface area contributed by atoms with E-state index >= 15 is 0 Å². The van der Waals surface area contributed by atoms with Gasteiger partial charge in [-0.15, -0.1) is 0 Å². The van der Waals surface area contributed by atoms with Crippen molar-refractivity contribution in [1.82, 2.24) is 19.0 Å². The molecule has 0 unspecified atom stereocenters. The third kappa shape index (κ3) is 3.30. The Labute approximate surface area is 107 Å². The van der Waals surface area contributed by atoms with Gasteiger partial charge < -0.3 is 0 Å². The standard InChI is InChI=1S/C11H28N5P/c1-13(2)17(14(3)4,15(5)6)12-16-10-8-7-9-11-16/h7-11H2,1-6H3. The van der Waals surface area contributed by atoms with Gasteiger partial charge in [0.15, 0.2) is 7.51 Å². The largest absolute Gasteiger partial charge is 0.251 e. The van der Waals surface area contributed by atoms with Crippen LogP contribution < -0.4 is 0 Å². The summed E-state index contributed by atoms with van der Waals surface area (Å²) in [6, 6.07) is 0. The zero-order valence-electron chi connectivity index (χ0n) is 12.2. The van der Waals surface area contributed by atoms with E-state index in [1.54, 1.807) is 0 Å². The van der Waals surface area contributed by atoms with Crippen molar-refractivity contribution in [3.05, 3.63) is 0 Å². The van der Waals surface area contributed by atoms with Crippen molar-refractivity contribution < 1.29 is 0 Å². The molecule has 0 radical (unpaired) electrons. The first-order valence-corrected chi connectivity index (χ1v) is 7.92. The second-order valence-electron chi connectivity index (χ2n) is 5.18. The number of hydrogen-bond acceptors (Lipinski definition) is 1. The monoisotopic (exact) mass is 261 g/mol. The van der Waals surface area contributed by atoms with Crippen molar-refractivity contribution in [3.63, 3.8) is 0 Å². The molecule has 0 atom stereocenters. The maximum atomic E-state index is 5.09. The Morgan fingerprint density at radius 2 is 1.18 bits per heavy atom. The van der Waals surface area contributed by atoms with Crippen molar-refractivity contribution in [2.24, 2.45) is 4.85 Å². The van der Waals surface area contributed by atoms with Gasteiger partial charge in [-0.1, -0.05) is 6.42 Å². The van der Waals surface area contributed by atoms with Crippen molar-refractivity contribution in [1.29, 1.82) is 0 Å². The zero-order chi connectivity index (χ0) is 13.1. The summed E-state index contributed by atoms with van der Waals surface area (Å²) in [5.41, 5.74) is 0. The Morgan fingerprint density at radius 1 is 0.765 bits per heavy atom. The quantitative estimate of drug-likeness (QED) is 0.723. The molecule has 1 heterocycles. The molecule has 17 heavy (non-hydrogen) atoms. The van der Waals surface area contributed by atoms with Crippen molar-refractivity contribution in [2.45, 2.75) is 19.3 Å². The lowest BCUT2D eigenvalue weighted by Crippen LogP contribution is -2.34. The van der Waals surface area contributed by atoms with Gasteiger partial charge in [0, 0.05) is 13.1 Å². The van der Waals surface area contributed by atoms with Crippen LogP contribution in [0.5, 0.6) is 0 Å². The number of hydrogen-bond donors (Lipinski definition) is 0. The molecule has 1 fully saturated rings. The smallest absolute Gasteiger partial charge is 0.184 e. The summed E-state index contributed by atoms with van der Waals surface area (Å²) >= 11 is 0. The van der Waals surface area contributed by atoms with Gasteiger partial charge >= 0.3 is 0 Å². The van der Waals surface area contributed by atoms with Crippen molar-refractivity contribution in [3.8, 4) is 0 Å². The molecule has 1 aliphatic rings. The highest BCUT2D eigenvalue weighted by atomic mass is 31.2. The van der Waals surface area contributed by atoms with Gasteiger partial charge in [-0.3, -0.25) is 14.0 Å². The summed E-state index contributed by atoms with van der Waals surface area (Å²) in [6.45, 7) is 2.22. The molecule has 0 aliphatic carbocycles. The molecule has 1 rings (SSSR count). The van der Waals surface area contributed by atoms with Gasteiger partial charge in [-0.25, -0.2) is 0 Å². The van der Waals surface area contributed by atoms with E-state index in [0.717, 1.165) is 13.1 Å². The second-order valence-corrected chi connectivity index (χ2v) is 8.83. The second kappa shape index (κ2) is 6.30. The van der Waals surface area contributed by atoms with Crippen LogP contribution in [0.2, 0.25) is 0 Å². The Bertz CT molecular complexity index is 253. The van der Waals surface area contributed by atoms with E-state index in [4.69, 9.17) is 4.85 Å². The van der Waals surface area contributed by atoms with Crippen molar-refractivity contribution >= 4 is 7.51 Å². The lowest BCUT2D eigenvalue weighted by Gasteiger charge is -2.42. The third-order valence-corrected chi connectivity index (χ3v) is 6.90. The van der Waals surface area contributed by atoms with Gasteiger partial charge in [0.25, 0.3) is 0 Å². The Hall–Kier alpha value is 0.0700. The minimum Gasteiger partial charge on any atom is -0.251 e. The minimum atomic E-state index is -1.73. The van der Waals surface area contributed by atoms with E-state index < -0.39 is 7.51 Å². The molecule has 1 aliphatic heterocycles. The normalized spacial score (nSPS) is 19.4. The zero-order valence-corrected chi connectivity index (χ0v) is 13.1. The molecule has 102 valence electrons. The maximum Gasteiger partial charge on any atom is 0.184 e. The van der Waals surface area contributed by atoms with E-state index in [1.165, 1.54) is 19.3 Å². The highest BCUT2D eigenvalue weighted by Crippen LogP contribution is 2.55. The SMILES string of the molecule is CN(C)P(=NN1CCCCC1)(N(C)C)N(C)C. The van der Waals surface area contributed by atoms with E-state index in [-0.39, 0.29) is 0 Å². The van der Waals surface area contributed by atoms with Gasteiger partial charge in [0.2, 0.25) is 0 Å². The molecule has 1 saturated heterocycles. The van der Waals surface area contributed by atoms with Crippen LogP contribution in [0.15, 0.2) is 4.85 Å². The van der Waals surface area contributed by atoms with Gasteiger partial charge in [-0.05, 0) is 55.1 Å². The highest BCUT2D eigenvalue weighted by molar-refractivity contribution is 7.58. The molecule has 0 spiro atoms. The van der Waals surface area contributed by atoms with Gasteiger partial charge in [0.05, 0.1) is 0 Å². The van der Waals surface area contributed by atoms with E-state index in [9.17, 15) is 0 Å². The summed E-state index contributed by atoms with van der Waals surface area (Å²) in [4.78, 5) is 5.09. The molecule has 0 amide bonds. The van der Waals surface area contributed by atoms with E-state index in [0.29, 0.717) is 0 Å². The average Bonchev–Trinajstić information content (AvgIpc) is 2.25. The molecule has 0 bridgehead atoms. The topological polar surface area (TPSA) is 25.3 Å². The van der Waals surface area contributed by atoms with Crippen molar-refractivity contribution in [2.75, 3.05) is 55.4 Å². The van der Waals surface area contributed by atoms with Crippen LogP contribution in [0.1, 0.15) is 19.3 Å². The predicted molar refractivity (Wildman–Crippen MR) is 75.8 cm³/mol. The van der Waals surface area contributed by atoms with Crippen LogP contribution in [0.4, 0.5) is 0 Å². The fourth-order valence-corrected chi connectivity index (χ4v) is 5.59. The van der Waals surface area contributed by atoms with Gasteiger partial charge in [-0.2, -0.15) is 9.86 Å². The lowest BCUT2D eigenvalue weighted by atomic mass is 10.2. The Balaban J connectivity index is 3.06. The summed E-state index contributed by atoms with van der Waals surface area (Å²) in [6.07, 6.45) is 3.90. The maximum absolute atomic E-state index is 5.09. The Morgan fingerprint density at radius 3 is 1.53 bits per heavy atom. The molecular formula is C11H28N5P. The first-order valence-electron chi connectivity index (χ1n) is 6.32. The van der Waals surface area contributed by atoms with E-state index in [2.05, 4.69) is 61.3 Å². The van der Waals surface area contributed by atoms with Crippen LogP contribution in [-0.2, 0) is 0 Å². The molecule has 0 aromatic carbocycles. The summed E-state index contributed by atoms with van der Waals surface area (Å²) in [7, 11) is 11.0. The fourth-order valence-electron chi connectivity index (χ4n) is 2.45. The van der Waals surface area contributed by atoms with E-state index in [1.807, 2.05) is 0 Å². The van der Waals surface area contributed by atoms with Crippen LogP contribution in [0.3, 0.4) is 0 Å². The van der Waals surface area contributed by atoms with Crippen LogP contribution in [0.25, 0.3) is 0 Å². The molecule has 0 saturated carbocycles. The lowest BCUT2D eigenvalue weighted by molar-refractivity contribution is 0.235. The minimum absolute atomic E-state index is 1.11. The first kappa shape index (κ1) is 15.1. The number of rotatable bonds is 4. The Kier molecular flexibility index (Phi) is 5.61. The van der Waals surface area contributed by atoms with Crippen LogP contribution in [0, 0.1) is 0 Å². The average molecular weight is 261 g/mol. The number of nitrogens with zero attached hydrogens (tertiary/aromatic N) is 5. The molecule has 6 heteroatoms. The molecular weight excluding hydrogens is 233 g/mol. The third-order valence-electron chi connectivity index (χ3n) is 3.19. The van der Waals surface area contributed by atoms with Crippen LogP contribution in [-0.4, -0.2) is 74.4 Å².